The smallest absolute Gasteiger partial charge is 0.0578 e. The second kappa shape index (κ2) is 5.44. The van der Waals surface area contributed by atoms with E-state index < -0.39 is 0 Å². The van der Waals surface area contributed by atoms with E-state index in [4.69, 9.17) is 0 Å². The van der Waals surface area contributed by atoms with Gasteiger partial charge in [-0.3, -0.25) is 9.88 Å². The van der Waals surface area contributed by atoms with E-state index >= 15 is 0 Å². The zero-order chi connectivity index (χ0) is 11.4. The van der Waals surface area contributed by atoms with Gasteiger partial charge in [-0.05, 0) is 51.4 Å². The normalized spacial score (nSPS) is 21.5. The van der Waals surface area contributed by atoms with Crippen molar-refractivity contribution >= 4 is 0 Å². The number of likely N-dealkylation sites (tertiary alicyclic amines) is 1. The van der Waals surface area contributed by atoms with Crippen molar-refractivity contribution in [1.82, 2.24) is 9.88 Å². The van der Waals surface area contributed by atoms with Crippen molar-refractivity contribution in [2.24, 2.45) is 0 Å². The minimum atomic E-state index is 0.575. The Morgan fingerprint density at radius 1 is 1.44 bits per heavy atom. The summed E-state index contributed by atoms with van der Waals surface area (Å²) in [6.07, 6.45) is 5.19. The third-order valence-corrected chi connectivity index (χ3v) is 3.41. The first-order chi connectivity index (χ1) is 7.81. The molecule has 1 aromatic heterocycles. The molecule has 2 heteroatoms. The molecule has 1 saturated heterocycles. The molecule has 0 saturated carbocycles. The number of aryl methyl sites for hydroxylation is 1. The van der Waals surface area contributed by atoms with Crippen LogP contribution in [0.15, 0.2) is 18.2 Å². The van der Waals surface area contributed by atoms with E-state index in [1.165, 1.54) is 44.5 Å². The van der Waals surface area contributed by atoms with Crippen LogP contribution < -0.4 is 0 Å². The Bertz CT molecular complexity index is 335. The molecule has 0 spiro atoms. The van der Waals surface area contributed by atoms with Gasteiger partial charge in [-0.1, -0.05) is 19.4 Å². The number of pyridine rings is 1. The van der Waals surface area contributed by atoms with Gasteiger partial charge in [-0.25, -0.2) is 0 Å². The fraction of sp³-hybridized carbons (Fsp3) is 0.643. The topological polar surface area (TPSA) is 16.1 Å². The largest absolute Gasteiger partial charge is 0.295 e. The zero-order valence-electron chi connectivity index (χ0n) is 10.4. The van der Waals surface area contributed by atoms with Gasteiger partial charge in [0.2, 0.25) is 0 Å². The van der Waals surface area contributed by atoms with Crippen molar-refractivity contribution in [1.29, 1.82) is 0 Å². The van der Waals surface area contributed by atoms with Gasteiger partial charge < -0.3 is 0 Å². The minimum Gasteiger partial charge on any atom is -0.295 e. The molecule has 0 aromatic carbocycles. The number of hydrogen-bond donors (Lipinski definition) is 0. The molecule has 1 unspecified atom stereocenters. The Labute approximate surface area is 98.7 Å². The van der Waals surface area contributed by atoms with Gasteiger partial charge in [0, 0.05) is 5.69 Å². The third-order valence-electron chi connectivity index (χ3n) is 3.41. The number of nitrogens with zero attached hydrogens (tertiary/aromatic N) is 2. The van der Waals surface area contributed by atoms with Crippen LogP contribution in [0.1, 0.15) is 50.0 Å². The molecule has 2 heterocycles. The van der Waals surface area contributed by atoms with Crippen molar-refractivity contribution in [3.8, 4) is 0 Å². The summed E-state index contributed by atoms with van der Waals surface area (Å²) in [4.78, 5) is 7.27. The first-order valence-electron chi connectivity index (χ1n) is 6.49. The minimum absolute atomic E-state index is 0.575. The molecule has 1 aliphatic rings. The average molecular weight is 218 g/mol. The first kappa shape index (κ1) is 11.6. The summed E-state index contributed by atoms with van der Waals surface area (Å²) < 4.78 is 0. The Kier molecular flexibility index (Phi) is 3.94. The Morgan fingerprint density at radius 2 is 2.31 bits per heavy atom. The highest BCUT2D eigenvalue weighted by molar-refractivity contribution is 5.14. The Balaban J connectivity index is 2.07. The molecule has 1 atom stereocenters. The van der Waals surface area contributed by atoms with Gasteiger partial charge >= 0.3 is 0 Å². The van der Waals surface area contributed by atoms with Crippen molar-refractivity contribution in [3.05, 3.63) is 29.6 Å². The van der Waals surface area contributed by atoms with E-state index in [2.05, 4.69) is 41.9 Å². The van der Waals surface area contributed by atoms with E-state index in [9.17, 15) is 0 Å². The predicted octanol–water partition coefficient (Wildman–Crippen LogP) is 3.33. The van der Waals surface area contributed by atoms with E-state index in [0.717, 1.165) is 5.69 Å². The second-order valence-electron chi connectivity index (χ2n) is 4.75. The van der Waals surface area contributed by atoms with Gasteiger partial charge in [-0.2, -0.15) is 0 Å². The highest BCUT2D eigenvalue weighted by Crippen LogP contribution is 2.30. The summed E-state index contributed by atoms with van der Waals surface area (Å²) in [6.45, 7) is 6.82. The summed E-state index contributed by atoms with van der Waals surface area (Å²) in [5, 5.41) is 0. The van der Waals surface area contributed by atoms with Gasteiger partial charge in [0.1, 0.15) is 0 Å². The molecule has 1 fully saturated rings. The summed E-state index contributed by atoms with van der Waals surface area (Å²) in [7, 11) is 0. The fourth-order valence-corrected chi connectivity index (χ4v) is 2.54. The van der Waals surface area contributed by atoms with Crippen LogP contribution in [0.2, 0.25) is 0 Å². The van der Waals surface area contributed by atoms with Crippen LogP contribution in [-0.4, -0.2) is 23.0 Å². The van der Waals surface area contributed by atoms with Crippen LogP contribution in [0.3, 0.4) is 0 Å². The number of hydrogen-bond acceptors (Lipinski definition) is 2. The van der Waals surface area contributed by atoms with Crippen molar-refractivity contribution < 1.29 is 0 Å². The first-order valence-corrected chi connectivity index (χ1v) is 6.49. The molecule has 2 nitrogen and oxygen atoms in total. The molecule has 0 amide bonds. The second-order valence-corrected chi connectivity index (χ2v) is 4.75. The van der Waals surface area contributed by atoms with E-state index in [1.807, 2.05) is 0 Å². The van der Waals surface area contributed by atoms with Gasteiger partial charge in [0.05, 0.1) is 11.7 Å². The van der Waals surface area contributed by atoms with Gasteiger partial charge in [0.25, 0.3) is 0 Å². The van der Waals surface area contributed by atoms with Crippen molar-refractivity contribution in [2.45, 2.75) is 45.6 Å². The number of rotatable bonds is 4. The van der Waals surface area contributed by atoms with Crippen LogP contribution in [0.4, 0.5) is 0 Å². The van der Waals surface area contributed by atoms with Gasteiger partial charge in [0.15, 0.2) is 0 Å². The van der Waals surface area contributed by atoms with Crippen molar-refractivity contribution in [2.75, 3.05) is 13.1 Å². The van der Waals surface area contributed by atoms with Crippen LogP contribution in [0.25, 0.3) is 0 Å². The zero-order valence-corrected chi connectivity index (χ0v) is 10.4. The number of unbranched alkanes of at least 4 members (excludes halogenated alkanes) is 1. The maximum absolute atomic E-state index is 4.67. The summed E-state index contributed by atoms with van der Waals surface area (Å²) in [5.74, 6) is 0. The molecule has 0 bridgehead atoms. The monoisotopic (exact) mass is 218 g/mol. The third kappa shape index (κ3) is 2.62. The lowest BCUT2D eigenvalue weighted by Gasteiger charge is -2.23. The fourth-order valence-electron chi connectivity index (χ4n) is 2.54. The van der Waals surface area contributed by atoms with Crippen LogP contribution in [0.5, 0.6) is 0 Å². The molecule has 2 rings (SSSR count). The summed E-state index contributed by atoms with van der Waals surface area (Å²) in [6, 6.07) is 6.97. The van der Waals surface area contributed by atoms with Crippen molar-refractivity contribution in [3.63, 3.8) is 0 Å². The van der Waals surface area contributed by atoms with Crippen LogP contribution >= 0.6 is 0 Å². The molecular formula is C14H22N2. The SMILES string of the molecule is CCCCN1CCCC1c1cccc(C)n1. The lowest BCUT2D eigenvalue weighted by atomic mass is 10.1. The highest BCUT2D eigenvalue weighted by atomic mass is 15.2. The quantitative estimate of drug-likeness (QED) is 0.770. The maximum Gasteiger partial charge on any atom is 0.0578 e. The molecular weight excluding hydrogens is 196 g/mol. The molecule has 1 aliphatic heterocycles. The van der Waals surface area contributed by atoms with Crippen LogP contribution in [0, 0.1) is 6.92 Å². The molecule has 88 valence electrons. The standard InChI is InChI=1S/C14H22N2/c1-3-4-10-16-11-6-9-14(16)13-8-5-7-12(2)15-13/h5,7-8,14H,3-4,6,9-11H2,1-2H3. The lowest BCUT2D eigenvalue weighted by Crippen LogP contribution is -2.25. The van der Waals surface area contributed by atoms with E-state index in [0.29, 0.717) is 6.04 Å². The Morgan fingerprint density at radius 3 is 3.06 bits per heavy atom. The maximum atomic E-state index is 4.67. The van der Waals surface area contributed by atoms with E-state index in [-0.39, 0.29) is 0 Å². The molecule has 0 N–H and O–H groups in total. The molecule has 1 aromatic rings. The number of aromatic nitrogens is 1. The highest BCUT2D eigenvalue weighted by Gasteiger charge is 2.26. The summed E-state index contributed by atoms with van der Waals surface area (Å²) in [5.41, 5.74) is 2.41. The Hall–Kier alpha value is -0.890. The average Bonchev–Trinajstić information content (AvgIpc) is 2.74. The van der Waals surface area contributed by atoms with Gasteiger partial charge in [-0.15, -0.1) is 0 Å². The van der Waals surface area contributed by atoms with Crippen LogP contribution in [-0.2, 0) is 0 Å². The predicted molar refractivity (Wildman–Crippen MR) is 67.4 cm³/mol. The molecule has 0 radical (unpaired) electrons. The lowest BCUT2D eigenvalue weighted by molar-refractivity contribution is 0.249. The molecule has 16 heavy (non-hydrogen) atoms. The molecule has 0 aliphatic carbocycles. The summed E-state index contributed by atoms with van der Waals surface area (Å²) >= 11 is 0. The van der Waals surface area contributed by atoms with E-state index in [1.54, 1.807) is 0 Å².